The fourth-order valence-corrected chi connectivity index (χ4v) is 3.03. The zero-order chi connectivity index (χ0) is 20.9. The van der Waals surface area contributed by atoms with Crippen LogP contribution >= 0.6 is 11.6 Å². The van der Waals surface area contributed by atoms with Gasteiger partial charge in [-0.15, -0.1) is 0 Å². The maximum absolute atomic E-state index is 12.5. The van der Waals surface area contributed by atoms with Crippen LogP contribution in [0.3, 0.4) is 0 Å². The number of hydrogen-bond acceptors (Lipinski definition) is 4. The normalized spacial score (nSPS) is 11.0. The number of benzene rings is 2. The van der Waals surface area contributed by atoms with Crippen LogP contribution in [0.25, 0.3) is 17.4 Å². The van der Waals surface area contributed by atoms with E-state index in [0.717, 1.165) is 5.56 Å². The van der Waals surface area contributed by atoms with Gasteiger partial charge >= 0.3 is 0 Å². The molecular formula is C24H16ClNO4. The van der Waals surface area contributed by atoms with Gasteiger partial charge in [0.15, 0.2) is 11.5 Å². The van der Waals surface area contributed by atoms with Gasteiger partial charge < -0.3 is 14.2 Å². The lowest BCUT2D eigenvalue weighted by atomic mass is 10.1. The molecule has 30 heavy (non-hydrogen) atoms. The Kier molecular flexibility index (Phi) is 5.63. The number of amides is 1. The number of nitrogens with one attached hydrogen (secondary N) is 1. The number of rotatable bonds is 6. The molecule has 0 unspecified atom stereocenters. The third-order valence-electron chi connectivity index (χ3n) is 4.28. The summed E-state index contributed by atoms with van der Waals surface area (Å²) in [6, 6.07) is 20.8. The predicted octanol–water partition coefficient (Wildman–Crippen LogP) is 6.34. The molecule has 0 aliphatic rings. The minimum Gasteiger partial charge on any atom is -0.459 e. The summed E-state index contributed by atoms with van der Waals surface area (Å²) in [5.74, 6) is 0.793. The molecule has 0 radical (unpaired) electrons. The average Bonchev–Trinajstić information content (AvgIpc) is 3.44. The number of halogens is 1. The number of ketones is 1. The Labute approximate surface area is 177 Å². The molecule has 0 spiro atoms. The van der Waals surface area contributed by atoms with Crippen molar-refractivity contribution in [1.82, 2.24) is 0 Å². The molecule has 1 amide bonds. The van der Waals surface area contributed by atoms with Gasteiger partial charge in [0, 0.05) is 21.8 Å². The maximum atomic E-state index is 12.5. The highest BCUT2D eigenvalue weighted by molar-refractivity contribution is 6.30. The first-order valence-electron chi connectivity index (χ1n) is 9.11. The van der Waals surface area contributed by atoms with Crippen LogP contribution in [0, 0.1) is 0 Å². The van der Waals surface area contributed by atoms with Crippen molar-refractivity contribution in [2.75, 3.05) is 5.32 Å². The van der Waals surface area contributed by atoms with Gasteiger partial charge in [-0.3, -0.25) is 9.59 Å². The first kappa shape index (κ1) is 19.5. The lowest BCUT2D eigenvalue weighted by molar-refractivity contribution is 0.0994. The summed E-state index contributed by atoms with van der Waals surface area (Å²) in [4.78, 5) is 24.6. The van der Waals surface area contributed by atoms with Gasteiger partial charge in [0.05, 0.1) is 6.26 Å². The van der Waals surface area contributed by atoms with Crippen LogP contribution in [0.15, 0.2) is 94.0 Å². The van der Waals surface area contributed by atoms with Crippen molar-refractivity contribution in [2.45, 2.75) is 0 Å². The topological polar surface area (TPSA) is 72.5 Å². The molecule has 0 saturated heterocycles. The van der Waals surface area contributed by atoms with Crippen LogP contribution in [0.5, 0.6) is 0 Å². The number of hydrogen-bond donors (Lipinski definition) is 1. The number of carbonyl (C=O) groups is 2. The standard InChI is InChI=1S/C24H16ClNO4/c25-18-6-1-5-17(14-18)22-12-10-20(30-22)9-11-21(27)16-4-2-7-19(15-16)26-24(28)23-8-3-13-29-23/h1-15H,(H,26,28). The summed E-state index contributed by atoms with van der Waals surface area (Å²) in [5, 5.41) is 3.32. The van der Waals surface area contributed by atoms with Gasteiger partial charge in [0.1, 0.15) is 11.5 Å². The van der Waals surface area contributed by atoms with E-state index < -0.39 is 0 Å². The minimum absolute atomic E-state index is 0.194. The average molecular weight is 418 g/mol. The van der Waals surface area contributed by atoms with Crippen LogP contribution < -0.4 is 5.32 Å². The Balaban J connectivity index is 1.45. The second-order valence-electron chi connectivity index (χ2n) is 6.42. The van der Waals surface area contributed by atoms with Crippen molar-refractivity contribution in [1.29, 1.82) is 0 Å². The van der Waals surface area contributed by atoms with Crippen molar-refractivity contribution in [3.05, 3.63) is 107 Å². The van der Waals surface area contributed by atoms with E-state index in [4.69, 9.17) is 20.4 Å². The van der Waals surface area contributed by atoms with Crippen LogP contribution in [-0.4, -0.2) is 11.7 Å². The lowest BCUT2D eigenvalue weighted by Crippen LogP contribution is -2.11. The Morgan fingerprint density at radius 1 is 0.933 bits per heavy atom. The quantitative estimate of drug-likeness (QED) is 0.293. The van der Waals surface area contributed by atoms with Crippen molar-refractivity contribution in [2.24, 2.45) is 0 Å². The van der Waals surface area contributed by atoms with Gasteiger partial charge in [0.2, 0.25) is 0 Å². The molecule has 2 aromatic heterocycles. The molecule has 0 aliphatic heterocycles. The van der Waals surface area contributed by atoms with Crippen LogP contribution in [0.4, 0.5) is 5.69 Å². The highest BCUT2D eigenvalue weighted by Gasteiger charge is 2.10. The van der Waals surface area contributed by atoms with Crippen LogP contribution in [0.2, 0.25) is 5.02 Å². The first-order chi connectivity index (χ1) is 14.6. The monoisotopic (exact) mass is 417 g/mol. The Hall–Kier alpha value is -3.83. The Morgan fingerprint density at radius 2 is 1.80 bits per heavy atom. The minimum atomic E-state index is -0.385. The molecule has 0 saturated carbocycles. The van der Waals surface area contributed by atoms with Crippen LogP contribution in [0.1, 0.15) is 26.7 Å². The zero-order valence-corrected chi connectivity index (χ0v) is 16.4. The molecule has 0 bridgehead atoms. The second-order valence-corrected chi connectivity index (χ2v) is 6.86. The number of anilines is 1. The summed E-state index contributed by atoms with van der Waals surface area (Å²) in [6.07, 6.45) is 4.45. The van der Waals surface area contributed by atoms with E-state index in [1.165, 1.54) is 12.3 Å². The second kappa shape index (κ2) is 8.68. The number of furan rings is 2. The summed E-state index contributed by atoms with van der Waals surface area (Å²) >= 11 is 6.01. The maximum Gasteiger partial charge on any atom is 0.291 e. The molecule has 6 heteroatoms. The first-order valence-corrected chi connectivity index (χ1v) is 9.49. The molecule has 4 aromatic rings. The summed E-state index contributed by atoms with van der Waals surface area (Å²) in [5.41, 5.74) is 1.79. The molecule has 0 aliphatic carbocycles. The fourth-order valence-electron chi connectivity index (χ4n) is 2.84. The molecule has 2 aromatic carbocycles. The molecular weight excluding hydrogens is 402 g/mol. The number of allylic oxidation sites excluding steroid dienone is 1. The zero-order valence-electron chi connectivity index (χ0n) is 15.7. The van der Waals surface area contributed by atoms with Crippen LogP contribution in [-0.2, 0) is 0 Å². The fraction of sp³-hybridized carbons (Fsp3) is 0. The van der Waals surface area contributed by atoms with E-state index in [9.17, 15) is 9.59 Å². The predicted molar refractivity (Wildman–Crippen MR) is 116 cm³/mol. The van der Waals surface area contributed by atoms with Gasteiger partial charge in [-0.2, -0.15) is 0 Å². The molecule has 0 atom stereocenters. The molecule has 148 valence electrons. The van der Waals surface area contributed by atoms with Crippen molar-refractivity contribution < 1.29 is 18.4 Å². The van der Waals surface area contributed by atoms with Crippen molar-refractivity contribution in [3.63, 3.8) is 0 Å². The molecule has 5 nitrogen and oxygen atoms in total. The lowest BCUT2D eigenvalue weighted by Gasteiger charge is -2.04. The largest absolute Gasteiger partial charge is 0.459 e. The van der Waals surface area contributed by atoms with Gasteiger partial charge in [-0.25, -0.2) is 0 Å². The molecule has 1 N–H and O–H groups in total. The van der Waals surface area contributed by atoms with E-state index in [1.807, 2.05) is 24.3 Å². The van der Waals surface area contributed by atoms with Gasteiger partial charge in [-0.1, -0.05) is 35.9 Å². The Morgan fingerprint density at radius 3 is 2.60 bits per heavy atom. The van der Waals surface area contributed by atoms with Crippen molar-refractivity contribution in [3.8, 4) is 11.3 Å². The summed E-state index contributed by atoms with van der Waals surface area (Å²) < 4.78 is 10.8. The highest BCUT2D eigenvalue weighted by atomic mass is 35.5. The number of carbonyl (C=O) groups excluding carboxylic acids is 2. The SMILES string of the molecule is O=C(C=Cc1ccc(-c2cccc(Cl)c2)o1)c1cccc(NC(=O)c2ccco2)c1. The van der Waals surface area contributed by atoms with E-state index in [2.05, 4.69) is 5.32 Å². The Bertz CT molecular complexity index is 1220. The summed E-state index contributed by atoms with van der Waals surface area (Å²) in [7, 11) is 0. The van der Waals surface area contributed by atoms with Gasteiger partial charge in [0.25, 0.3) is 5.91 Å². The van der Waals surface area contributed by atoms with E-state index in [1.54, 1.807) is 54.6 Å². The van der Waals surface area contributed by atoms with Crippen molar-refractivity contribution >= 4 is 35.1 Å². The van der Waals surface area contributed by atoms with E-state index >= 15 is 0 Å². The molecule has 2 heterocycles. The molecule has 4 rings (SSSR count). The summed E-state index contributed by atoms with van der Waals surface area (Å²) in [6.45, 7) is 0. The van der Waals surface area contributed by atoms with E-state index in [-0.39, 0.29) is 17.5 Å². The van der Waals surface area contributed by atoms with Gasteiger partial charge in [-0.05, 0) is 60.7 Å². The van der Waals surface area contributed by atoms with E-state index in [0.29, 0.717) is 27.8 Å². The third-order valence-corrected chi connectivity index (χ3v) is 4.52. The third kappa shape index (κ3) is 4.59. The smallest absolute Gasteiger partial charge is 0.291 e. The highest BCUT2D eigenvalue weighted by Crippen LogP contribution is 2.25. The molecule has 0 fully saturated rings.